The molecule has 0 bridgehead atoms. The van der Waals surface area contributed by atoms with E-state index in [0.717, 1.165) is 0 Å². The number of hydrogen-bond acceptors (Lipinski definition) is 6. The number of aromatic amines is 1. The van der Waals surface area contributed by atoms with Crippen LogP contribution in [-0.2, 0) is 4.79 Å². The Hall–Kier alpha value is -2.71. The predicted molar refractivity (Wildman–Crippen MR) is 78.6 cm³/mol. The molecule has 2 N–H and O–H groups in total. The maximum Gasteiger partial charge on any atom is 0.291 e. The van der Waals surface area contributed by atoms with E-state index in [1.54, 1.807) is 25.8 Å². The quantitative estimate of drug-likeness (QED) is 0.823. The molecule has 0 radical (unpaired) electrons. The lowest BCUT2D eigenvalue weighted by Crippen LogP contribution is -2.33. The highest BCUT2D eigenvalue weighted by Crippen LogP contribution is 2.32. The summed E-state index contributed by atoms with van der Waals surface area (Å²) >= 11 is 0. The van der Waals surface area contributed by atoms with Crippen LogP contribution in [0.2, 0.25) is 0 Å². The van der Waals surface area contributed by atoms with Crippen LogP contribution in [0.25, 0.3) is 0 Å². The molecule has 0 unspecified atom stereocenters. The van der Waals surface area contributed by atoms with Gasteiger partial charge in [0.05, 0.1) is 17.5 Å². The molecule has 3 heterocycles. The molecule has 122 valence electrons. The summed E-state index contributed by atoms with van der Waals surface area (Å²) in [5, 5.41) is 9.57. The van der Waals surface area contributed by atoms with Gasteiger partial charge in [-0.1, -0.05) is 0 Å². The number of rotatable bonds is 3. The summed E-state index contributed by atoms with van der Waals surface area (Å²) in [6.07, 6.45) is 1.24. The number of aromatic nitrogens is 4. The molecule has 3 rings (SSSR count). The highest BCUT2D eigenvalue weighted by molar-refractivity contribution is 5.93. The zero-order valence-corrected chi connectivity index (χ0v) is 13.2. The predicted octanol–water partition coefficient (Wildman–Crippen LogP) is 0.0113. The fourth-order valence-corrected chi connectivity index (χ4v) is 2.86. The van der Waals surface area contributed by atoms with Crippen LogP contribution >= 0.6 is 0 Å². The maximum atomic E-state index is 12.6. The minimum absolute atomic E-state index is 0.137. The number of nitrogens with one attached hydrogen (secondary N) is 2. The Bertz CT molecular complexity index is 736. The molecular formula is C14H18N6O3. The van der Waals surface area contributed by atoms with Crippen molar-refractivity contribution in [1.82, 2.24) is 30.4 Å². The number of carbonyl (C=O) groups excluding carboxylic acids is 2. The number of H-pyrrole nitrogens is 1. The van der Waals surface area contributed by atoms with E-state index >= 15 is 0 Å². The molecule has 2 atom stereocenters. The summed E-state index contributed by atoms with van der Waals surface area (Å²) in [6, 6.07) is 0. The molecule has 0 aromatic carbocycles. The summed E-state index contributed by atoms with van der Waals surface area (Å²) in [5.41, 5.74) is 0.531. The summed E-state index contributed by atoms with van der Waals surface area (Å²) < 4.78 is 5.17. The number of oxazole rings is 1. The van der Waals surface area contributed by atoms with E-state index in [9.17, 15) is 9.59 Å². The fourth-order valence-electron chi connectivity index (χ4n) is 2.86. The first kappa shape index (κ1) is 15.2. The van der Waals surface area contributed by atoms with Gasteiger partial charge >= 0.3 is 0 Å². The van der Waals surface area contributed by atoms with Crippen LogP contribution in [0.15, 0.2) is 10.8 Å². The Morgan fingerprint density at radius 2 is 2.17 bits per heavy atom. The second-order valence-electron chi connectivity index (χ2n) is 5.58. The Balaban J connectivity index is 1.87. The van der Waals surface area contributed by atoms with Crippen molar-refractivity contribution in [3.8, 4) is 0 Å². The topological polar surface area (TPSA) is 117 Å². The standard InChI is InChI=1S/C14H18N6O3/c1-7-11(23-6-16-7)14(22)20-4-9(10(5-20)13(21)15-3)12-17-8(2)18-19-12/h6,9-10H,4-5H2,1-3H3,(H,15,21)(H,17,18,19)/t9-,10-/m1/s1. The second-order valence-corrected chi connectivity index (χ2v) is 5.58. The van der Waals surface area contributed by atoms with Gasteiger partial charge in [-0.25, -0.2) is 9.97 Å². The molecule has 2 aromatic rings. The highest BCUT2D eigenvalue weighted by atomic mass is 16.3. The number of likely N-dealkylation sites (tertiary alicyclic amines) is 1. The van der Waals surface area contributed by atoms with Gasteiger partial charge in [0.1, 0.15) is 5.82 Å². The van der Waals surface area contributed by atoms with Crippen LogP contribution in [0.1, 0.15) is 33.8 Å². The SMILES string of the molecule is CNC(=O)[C@@H]1CN(C(=O)c2ocnc2C)C[C@H]1c1n[nH]c(C)n1. The van der Waals surface area contributed by atoms with Crippen molar-refractivity contribution >= 4 is 11.8 Å². The second kappa shape index (κ2) is 5.82. The summed E-state index contributed by atoms with van der Waals surface area (Å²) in [4.78, 5) is 34.6. The lowest BCUT2D eigenvalue weighted by molar-refractivity contribution is -0.124. The van der Waals surface area contributed by atoms with E-state index in [4.69, 9.17) is 4.42 Å². The molecule has 1 aliphatic heterocycles. The monoisotopic (exact) mass is 318 g/mol. The fraction of sp³-hybridized carbons (Fsp3) is 0.500. The molecule has 0 spiro atoms. The van der Waals surface area contributed by atoms with E-state index < -0.39 is 5.92 Å². The van der Waals surface area contributed by atoms with Crippen molar-refractivity contribution in [3.63, 3.8) is 0 Å². The normalized spacial score (nSPS) is 20.7. The number of hydrogen-bond donors (Lipinski definition) is 2. The van der Waals surface area contributed by atoms with Crippen LogP contribution in [0.3, 0.4) is 0 Å². The van der Waals surface area contributed by atoms with E-state index in [1.807, 2.05) is 0 Å². The Morgan fingerprint density at radius 3 is 2.74 bits per heavy atom. The molecule has 1 fully saturated rings. The van der Waals surface area contributed by atoms with Crippen LogP contribution in [0.4, 0.5) is 0 Å². The smallest absolute Gasteiger partial charge is 0.291 e. The number of aryl methyl sites for hydroxylation is 2. The molecule has 2 amide bonds. The zero-order valence-electron chi connectivity index (χ0n) is 13.2. The van der Waals surface area contributed by atoms with E-state index in [0.29, 0.717) is 23.9 Å². The molecule has 9 heteroatoms. The van der Waals surface area contributed by atoms with Crippen molar-refractivity contribution in [3.05, 3.63) is 29.5 Å². The van der Waals surface area contributed by atoms with Gasteiger partial charge in [0.15, 0.2) is 12.2 Å². The van der Waals surface area contributed by atoms with Crippen LogP contribution in [0.5, 0.6) is 0 Å². The van der Waals surface area contributed by atoms with Gasteiger partial charge in [0, 0.05) is 20.1 Å². The largest absolute Gasteiger partial charge is 0.438 e. The van der Waals surface area contributed by atoms with Gasteiger partial charge in [-0.3, -0.25) is 14.7 Å². The number of carbonyl (C=O) groups is 2. The van der Waals surface area contributed by atoms with Gasteiger partial charge in [-0.2, -0.15) is 5.10 Å². The van der Waals surface area contributed by atoms with Crippen molar-refractivity contribution in [1.29, 1.82) is 0 Å². The average Bonchev–Trinajstić information content (AvgIpc) is 3.24. The van der Waals surface area contributed by atoms with Gasteiger partial charge in [-0.15, -0.1) is 0 Å². The van der Waals surface area contributed by atoms with Crippen LogP contribution in [-0.4, -0.2) is 57.0 Å². The minimum Gasteiger partial charge on any atom is -0.438 e. The summed E-state index contributed by atoms with van der Waals surface area (Å²) in [7, 11) is 1.58. The van der Waals surface area contributed by atoms with Gasteiger partial charge < -0.3 is 14.6 Å². The Kier molecular flexibility index (Phi) is 3.85. The van der Waals surface area contributed by atoms with Crippen LogP contribution < -0.4 is 5.32 Å². The molecule has 0 aliphatic carbocycles. The molecule has 1 saturated heterocycles. The average molecular weight is 318 g/mol. The first-order valence-electron chi connectivity index (χ1n) is 7.31. The van der Waals surface area contributed by atoms with Crippen LogP contribution in [0, 0.1) is 19.8 Å². The van der Waals surface area contributed by atoms with Crippen molar-refractivity contribution in [2.45, 2.75) is 19.8 Å². The molecule has 0 saturated carbocycles. The highest BCUT2D eigenvalue weighted by Gasteiger charge is 2.43. The maximum absolute atomic E-state index is 12.6. The molecule has 9 nitrogen and oxygen atoms in total. The zero-order chi connectivity index (χ0) is 16.6. The van der Waals surface area contributed by atoms with E-state index in [1.165, 1.54) is 6.39 Å². The van der Waals surface area contributed by atoms with E-state index in [2.05, 4.69) is 25.5 Å². The summed E-state index contributed by atoms with van der Waals surface area (Å²) in [5.74, 6) is 0.347. The molecule has 23 heavy (non-hydrogen) atoms. The first-order chi connectivity index (χ1) is 11.0. The summed E-state index contributed by atoms with van der Waals surface area (Å²) in [6.45, 7) is 4.14. The first-order valence-corrected chi connectivity index (χ1v) is 7.31. The lowest BCUT2D eigenvalue weighted by Gasteiger charge is -2.14. The van der Waals surface area contributed by atoms with Crippen molar-refractivity contribution in [2.24, 2.45) is 5.92 Å². The van der Waals surface area contributed by atoms with Gasteiger partial charge in [-0.05, 0) is 13.8 Å². The third-order valence-corrected chi connectivity index (χ3v) is 4.08. The van der Waals surface area contributed by atoms with Gasteiger partial charge in [0.2, 0.25) is 11.7 Å². The lowest BCUT2D eigenvalue weighted by atomic mass is 9.94. The van der Waals surface area contributed by atoms with Crippen molar-refractivity contribution < 1.29 is 14.0 Å². The number of nitrogens with zero attached hydrogens (tertiary/aromatic N) is 4. The Morgan fingerprint density at radius 1 is 1.39 bits per heavy atom. The number of amides is 2. The van der Waals surface area contributed by atoms with Gasteiger partial charge in [0.25, 0.3) is 5.91 Å². The molecule has 1 aliphatic rings. The third-order valence-electron chi connectivity index (χ3n) is 4.08. The van der Waals surface area contributed by atoms with Crippen molar-refractivity contribution in [2.75, 3.05) is 20.1 Å². The molecule has 2 aromatic heterocycles. The Labute approximate surface area is 132 Å². The molecular weight excluding hydrogens is 300 g/mol. The minimum atomic E-state index is -0.401. The third kappa shape index (κ3) is 2.69. The van der Waals surface area contributed by atoms with E-state index in [-0.39, 0.29) is 30.0 Å².